The van der Waals surface area contributed by atoms with Gasteiger partial charge in [0.05, 0.1) is 31.0 Å². The number of nitrogens with one attached hydrogen (secondary N) is 1. The smallest absolute Gasteiger partial charge is 0.234 e. The Morgan fingerprint density at radius 1 is 1.14 bits per heavy atom. The van der Waals surface area contributed by atoms with Gasteiger partial charge in [-0.2, -0.15) is 0 Å². The number of ether oxygens (including phenoxy) is 1. The van der Waals surface area contributed by atoms with Gasteiger partial charge in [-0.05, 0) is 24.3 Å². The molecule has 1 aromatic heterocycles. The minimum Gasteiger partial charge on any atom is -0.379 e. The highest BCUT2D eigenvalue weighted by molar-refractivity contribution is 8.00. The van der Waals surface area contributed by atoms with Crippen LogP contribution in [0.4, 0.5) is 10.1 Å². The Morgan fingerprint density at radius 2 is 1.97 bits per heavy atom. The van der Waals surface area contributed by atoms with Gasteiger partial charge in [-0.1, -0.05) is 36.0 Å². The summed E-state index contributed by atoms with van der Waals surface area (Å²) in [7, 11) is 0. The Kier molecular flexibility index (Phi) is 6.33. The van der Waals surface area contributed by atoms with Gasteiger partial charge in [-0.3, -0.25) is 9.69 Å². The number of halogens is 1. The zero-order valence-electron chi connectivity index (χ0n) is 15.8. The van der Waals surface area contributed by atoms with Crippen LogP contribution in [0.2, 0.25) is 0 Å². The van der Waals surface area contributed by atoms with Gasteiger partial charge in [0.1, 0.15) is 16.7 Å². The second-order valence-electron chi connectivity index (χ2n) is 6.70. The van der Waals surface area contributed by atoms with E-state index in [4.69, 9.17) is 9.72 Å². The van der Waals surface area contributed by atoms with E-state index in [1.54, 1.807) is 12.1 Å². The van der Waals surface area contributed by atoms with E-state index < -0.39 is 0 Å². The maximum absolute atomic E-state index is 13.3. The van der Waals surface area contributed by atoms with E-state index in [-0.39, 0.29) is 17.5 Å². The molecule has 0 atom stereocenters. The van der Waals surface area contributed by atoms with Gasteiger partial charge < -0.3 is 10.1 Å². The number of hydrogen-bond acceptors (Lipinski definition) is 6. The summed E-state index contributed by atoms with van der Waals surface area (Å²) < 4.78 is 18.7. The molecule has 4 rings (SSSR count). The number of carbonyl (C=O) groups is 1. The van der Waals surface area contributed by atoms with Crippen molar-refractivity contribution in [2.75, 3.05) is 37.4 Å². The van der Waals surface area contributed by atoms with Crippen molar-refractivity contribution in [3.05, 3.63) is 60.2 Å². The number of carbonyl (C=O) groups excluding carboxylic acids is 1. The molecule has 6 nitrogen and oxygen atoms in total. The second kappa shape index (κ2) is 9.30. The molecule has 0 unspecified atom stereocenters. The number of rotatable bonds is 6. The molecule has 1 aliphatic heterocycles. The van der Waals surface area contributed by atoms with Crippen molar-refractivity contribution in [1.82, 2.24) is 14.9 Å². The van der Waals surface area contributed by atoms with Crippen LogP contribution in [0.25, 0.3) is 10.9 Å². The summed E-state index contributed by atoms with van der Waals surface area (Å²) in [5.74, 6) is 0.316. The van der Waals surface area contributed by atoms with Gasteiger partial charge in [0, 0.05) is 24.2 Å². The Balaban J connectivity index is 1.48. The van der Waals surface area contributed by atoms with Crippen molar-refractivity contribution in [1.29, 1.82) is 0 Å². The third-order valence-electron chi connectivity index (χ3n) is 4.53. The normalized spacial score (nSPS) is 14.8. The highest BCUT2D eigenvalue weighted by Crippen LogP contribution is 2.26. The van der Waals surface area contributed by atoms with E-state index in [2.05, 4.69) is 15.2 Å². The van der Waals surface area contributed by atoms with Crippen LogP contribution < -0.4 is 5.32 Å². The maximum Gasteiger partial charge on any atom is 0.234 e. The van der Waals surface area contributed by atoms with Crippen molar-refractivity contribution >= 4 is 34.3 Å². The molecule has 1 N–H and O–H groups in total. The molecule has 2 aromatic carbocycles. The Hall–Kier alpha value is -2.55. The van der Waals surface area contributed by atoms with Gasteiger partial charge in [-0.15, -0.1) is 0 Å². The van der Waals surface area contributed by atoms with E-state index in [9.17, 15) is 9.18 Å². The van der Waals surface area contributed by atoms with Gasteiger partial charge in [0.2, 0.25) is 5.91 Å². The molecule has 150 valence electrons. The molecule has 2 heterocycles. The standard InChI is InChI=1S/C21H21FN4O2S/c22-15-4-3-5-16(12-15)23-20(27)14-29-21-17-6-1-2-7-18(17)24-19(25-21)13-26-8-10-28-11-9-26/h1-7,12H,8-11,13-14H2,(H,23,27). The van der Waals surface area contributed by atoms with Crippen LogP contribution in [0.5, 0.6) is 0 Å². The molecule has 0 bridgehead atoms. The van der Waals surface area contributed by atoms with E-state index in [0.29, 0.717) is 12.2 Å². The summed E-state index contributed by atoms with van der Waals surface area (Å²) in [5.41, 5.74) is 1.30. The molecule has 1 saturated heterocycles. The quantitative estimate of drug-likeness (QED) is 0.495. The monoisotopic (exact) mass is 412 g/mol. The first-order valence-corrected chi connectivity index (χ1v) is 10.4. The zero-order chi connectivity index (χ0) is 20.1. The lowest BCUT2D eigenvalue weighted by Crippen LogP contribution is -2.36. The first-order valence-electron chi connectivity index (χ1n) is 9.41. The number of anilines is 1. The number of thioether (sulfide) groups is 1. The van der Waals surface area contributed by atoms with E-state index in [0.717, 1.165) is 48.1 Å². The fourth-order valence-corrected chi connectivity index (χ4v) is 3.97. The summed E-state index contributed by atoms with van der Waals surface area (Å²) >= 11 is 1.36. The molecule has 0 spiro atoms. The summed E-state index contributed by atoms with van der Waals surface area (Å²) in [6, 6.07) is 13.6. The highest BCUT2D eigenvalue weighted by atomic mass is 32.2. The van der Waals surface area contributed by atoms with Gasteiger partial charge in [0.25, 0.3) is 0 Å². The Bertz CT molecular complexity index is 1010. The summed E-state index contributed by atoms with van der Waals surface area (Å²) in [5, 5.41) is 4.41. The van der Waals surface area contributed by atoms with Crippen LogP contribution in [-0.2, 0) is 16.1 Å². The van der Waals surface area contributed by atoms with Crippen molar-refractivity contribution < 1.29 is 13.9 Å². The fourth-order valence-electron chi connectivity index (χ4n) is 3.13. The third kappa shape index (κ3) is 5.29. The molecule has 1 amide bonds. The van der Waals surface area contributed by atoms with Crippen LogP contribution in [0.3, 0.4) is 0 Å². The number of para-hydroxylation sites is 1. The highest BCUT2D eigenvalue weighted by Gasteiger charge is 2.15. The zero-order valence-corrected chi connectivity index (χ0v) is 16.6. The van der Waals surface area contributed by atoms with Crippen LogP contribution in [0, 0.1) is 5.82 Å². The van der Waals surface area contributed by atoms with Crippen LogP contribution in [-0.4, -0.2) is 52.8 Å². The maximum atomic E-state index is 13.3. The number of morpholine rings is 1. The summed E-state index contributed by atoms with van der Waals surface area (Å²) in [6.45, 7) is 3.80. The summed E-state index contributed by atoms with van der Waals surface area (Å²) in [4.78, 5) is 24.0. The number of benzene rings is 2. The first kappa shape index (κ1) is 19.8. The third-order valence-corrected chi connectivity index (χ3v) is 5.52. The number of amides is 1. The molecule has 0 saturated carbocycles. The number of nitrogens with zero attached hydrogens (tertiary/aromatic N) is 3. The predicted octanol–water partition coefficient (Wildman–Crippen LogP) is 3.33. The lowest BCUT2D eigenvalue weighted by molar-refractivity contribution is -0.113. The van der Waals surface area contributed by atoms with Crippen LogP contribution >= 0.6 is 11.8 Å². The van der Waals surface area contributed by atoms with Gasteiger partial charge in [0.15, 0.2) is 0 Å². The Morgan fingerprint density at radius 3 is 2.79 bits per heavy atom. The number of fused-ring (bicyclic) bond motifs is 1. The van der Waals surface area contributed by atoms with Crippen LogP contribution in [0.1, 0.15) is 5.82 Å². The van der Waals surface area contributed by atoms with E-state index in [1.807, 2.05) is 24.3 Å². The molecular formula is C21H21FN4O2S. The molecule has 29 heavy (non-hydrogen) atoms. The minimum atomic E-state index is -0.384. The molecule has 1 fully saturated rings. The summed E-state index contributed by atoms with van der Waals surface area (Å²) in [6.07, 6.45) is 0. The Labute approximate surface area is 172 Å². The number of hydrogen-bond donors (Lipinski definition) is 1. The van der Waals surface area contributed by atoms with Crippen LogP contribution in [0.15, 0.2) is 53.6 Å². The molecule has 8 heteroatoms. The lowest BCUT2D eigenvalue weighted by atomic mass is 10.2. The molecule has 1 aliphatic rings. The average molecular weight is 412 g/mol. The van der Waals surface area contributed by atoms with Crippen molar-refractivity contribution in [2.24, 2.45) is 0 Å². The van der Waals surface area contributed by atoms with Crippen molar-refractivity contribution in [2.45, 2.75) is 11.6 Å². The van der Waals surface area contributed by atoms with E-state index >= 15 is 0 Å². The minimum absolute atomic E-state index is 0.175. The fraction of sp³-hybridized carbons (Fsp3) is 0.286. The van der Waals surface area contributed by atoms with Crippen molar-refractivity contribution in [3.8, 4) is 0 Å². The molecular weight excluding hydrogens is 391 g/mol. The molecule has 0 aliphatic carbocycles. The number of aromatic nitrogens is 2. The van der Waals surface area contributed by atoms with Crippen molar-refractivity contribution in [3.63, 3.8) is 0 Å². The predicted molar refractivity (Wildman–Crippen MR) is 111 cm³/mol. The second-order valence-corrected chi connectivity index (χ2v) is 7.66. The molecule has 3 aromatic rings. The SMILES string of the molecule is O=C(CSc1nc(CN2CCOCC2)nc2ccccc12)Nc1cccc(F)c1. The van der Waals surface area contributed by atoms with E-state index in [1.165, 1.54) is 23.9 Å². The van der Waals surface area contributed by atoms with Gasteiger partial charge >= 0.3 is 0 Å². The lowest BCUT2D eigenvalue weighted by Gasteiger charge is -2.25. The average Bonchev–Trinajstić information content (AvgIpc) is 2.73. The topological polar surface area (TPSA) is 67.4 Å². The largest absolute Gasteiger partial charge is 0.379 e. The first-order chi connectivity index (χ1) is 14.2. The molecule has 0 radical (unpaired) electrons. The van der Waals surface area contributed by atoms with Gasteiger partial charge in [-0.25, -0.2) is 14.4 Å².